The Morgan fingerprint density at radius 1 is 0.556 bits per heavy atom. The van der Waals surface area contributed by atoms with Crippen LogP contribution in [-0.4, -0.2) is 0 Å². The summed E-state index contributed by atoms with van der Waals surface area (Å²) >= 11 is 0. The summed E-state index contributed by atoms with van der Waals surface area (Å²) in [6.07, 6.45) is 0. The topological polar surface area (TPSA) is 35.0 Å². The van der Waals surface area contributed by atoms with Gasteiger partial charge in [0.25, 0.3) is 0 Å². The average Bonchev–Trinajstić information content (AvgIpc) is 0. The molecule has 0 radical (unpaired) electrons. The zero-order valence-electron chi connectivity index (χ0n) is 5.10. The van der Waals surface area contributed by atoms with E-state index in [0.29, 0.717) is 0 Å². The molecule has 0 rings (SSSR count). The molecule has 0 unspecified atom stereocenters. The molecule has 0 aliphatic carbocycles. The van der Waals surface area contributed by atoms with E-state index in [-0.39, 0.29) is 115 Å². The molecule has 0 atom stereocenters. The third-order valence-electron chi connectivity index (χ3n) is 0. The van der Waals surface area contributed by atoms with Gasteiger partial charge in [-0.3, -0.25) is 18.8 Å². The van der Waals surface area contributed by atoms with Crippen LogP contribution in [0.15, 0.2) is 0 Å². The van der Waals surface area contributed by atoms with Gasteiger partial charge in [-0.2, -0.15) is 0 Å². The van der Waals surface area contributed by atoms with Crippen LogP contribution < -0.4 is 96.5 Å². The second-order valence-corrected chi connectivity index (χ2v) is 0. The first-order valence-electron chi connectivity index (χ1n) is 0. The van der Waals surface area contributed by atoms with Gasteiger partial charge in [0.1, 0.15) is 0 Å². The second-order valence-electron chi connectivity index (χ2n) is 0. The Kier molecular flexibility index (Phi) is 4910. The number of rotatable bonds is 0. The van der Waals surface area contributed by atoms with Gasteiger partial charge in [-0.05, 0) is 0 Å². The summed E-state index contributed by atoms with van der Waals surface area (Å²) in [5, 5.41) is 0. The van der Waals surface area contributed by atoms with Gasteiger partial charge in [-0.1, -0.05) is 0 Å². The third kappa shape index (κ3) is 144. The minimum Gasteiger partial charge on any atom is -1.00 e. The SMILES string of the molecule is F.F.F.F.N.[F-].[F-].[K+].[Na+]. The van der Waals surface area contributed by atoms with E-state index in [4.69, 9.17) is 0 Å². The minimum absolute atomic E-state index is 0. The van der Waals surface area contributed by atoms with Gasteiger partial charge >= 0.3 is 80.9 Å². The molecule has 0 heterocycles. The monoisotopic (exact) mass is 197 g/mol. The first-order chi connectivity index (χ1) is 0. The number of hydrogen-bond acceptors (Lipinski definition) is 1. The van der Waals surface area contributed by atoms with E-state index in [1.54, 1.807) is 0 Å². The molecule has 0 fully saturated rings. The third-order valence-corrected chi connectivity index (χ3v) is 0. The molecule has 0 amide bonds. The zero-order valence-corrected chi connectivity index (χ0v) is 10.2. The molecule has 0 aliphatic rings. The Bertz CT molecular complexity index is 13.0. The van der Waals surface area contributed by atoms with Crippen LogP contribution in [0.5, 0.6) is 0 Å². The van der Waals surface area contributed by atoms with Crippen molar-refractivity contribution in [1.82, 2.24) is 6.15 Å². The fourth-order valence-electron chi connectivity index (χ4n) is 0. The Balaban J connectivity index is 0. The predicted molar refractivity (Wildman–Crippen MR) is 15.0 cm³/mol. The van der Waals surface area contributed by atoms with Crippen LogP contribution in [0.25, 0.3) is 0 Å². The Hall–Kier alpha value is 2.18. The van der Waals surface area contributed by atoms with Gasteiger partial charge in [0.05, 0.1) is 0 Å². The smallest absolute Gasteiger partial charge is 1.00 e. The van der Waals surface area contributed by atoms with Gasteiger partial charge in [0.15, 0.2) is 0 Å². The van der Waals surface area contributed by atoms with Crippen molar-refractivity contribution >= 4 is 0 Å². The van der Waals surface area contributed by atoms with Gasteiger partial charge in [-0.25, -0.2) is 0 Å². The maximum Gasteiger partial charge on any atom is 1.00 e. The largest absolute Gasteiger partial charge is 1.00 e. The molecular weight excluding hydrogens is 190 g/mol. The van der Waals surface area contributed by atoms with Crippen LogP contribution in [0, 0.1) is 0 Å². The van der Waals surface area contributed by atoms with Crippen LogP contribution in [-0.2, 0) is 0 Å². The summed E-state index contributed by atoms with van der Waals surface area (Å²) in [5.74, 6) is 0. The number of hydrogen-bond donors (Lipinski definition) is 1. The summed E-state index contributed by atoms with van der Waals surface area (Å²) in [6, 6.07) is 0. The van der Waals surface area contributed by atoms with E-state index in [0.717, 1.165) is 0 Å². The zero-order chi connectivity index (χ0) is 0. The standard InChI is InChI=1S/6FH.K.H3N.Na/h6*1H;;1H3;/q;;;;;;+1;;+1/p-2. The fraction of sp³-hybridized carbons (Fsp3) is 0. The van der Waals surface area contributed by atoms with Crippen LogP contribution in [0.2, 0.25) is 0 Å². The summed E-state index contributed by atoms with van der Waals surface area (Å²) in [4.78, 5) is 0. The van der Waals surface area contributed by atoms with Crippen molar-refractivity contribution in [2.24, 2.45) is 0 Å². The molecule has 0 spiro atoms. The van der Waals surface area contributed by atoms with Gasteiger partial charge in [0.2, 0.25) is 0 Å². The summed E-state index contributed by atoms with van der Waals surface area (Å²) in [7, 11) is 0. The molecule has 0 aromatic heterocycles. The normalized spacial score (nSPS) is 0. The molecule has 0 aliphatic heterocycles. The first kappa shape index (κ1) is 244. The van der Waals surface area contributed by atoms with Crippen molar-refractivity contribution in [3.8, 4) is 0 Å². The van der Waals surface area contributed by atoms with Crippen LogP contribution in [0.1, 0.15) is 0 Å². The maximum atomic E-state index is 0. The van der Waals surface area contributed by atoms with Crippen molar-refractivity contribution in [1.29, 1.82) is 0 Å². The van der Waals surface area contributed by atoms with Gasteiger partial charge in [-0.15, -0.1) is 0 Å². The summed E-state index contributed by atoms with van der Waals surface area (Å²) in [6.45, 7) is 0. The molecule has 1 nitrogen and oxygen atoms in total. The molecule has 9 heavy (non-hydrogen) atoms. The molecule has 0 saturated carbocycles. The molecule has 0 aromatic carbocycles. The van der Waals surface area contributed by atoms with Crippen molar-refractivity contribution in [2.75, 3.05) is 0 Å². The van der Waals surface area contributed by atoms with Crippen molar-refractivity contribution in [3.63, 3.8) is 0 Å². The van der Waals surface area contributed by atoms with E-state index in [1.807, 2.05) is 0 Å². The van der Waals surface area contributed by atoms with Crippen molar-refractivity contribution in [3.05, 3.63) is 0 Å². The predicted octanol–water partition coefficient (Wildman–Crippen LogP) is -11.2. The van der Waals surface area contributed by atoms with E-state index < -0.39 is 0 Å². The fourth-order valence-corrected chi connectivity index (χ4v) is 0. The van der Waals surface area contributed by atoms with Crippen LogP contribution in [0.4, 0.5) is 18.8 Å². The molecule has 9 heteroatoms. The minimum atomic E-state index is 0. The van der Waals surface area contributed by atoms with Crippen LogP contribution in [0.3, 0.4) is 0 Å². The molecule has 0 aromatic rings. The molecule has 56 valence electrons. The van der Waals surface area contributed by atoms with E-state index in [9.17, 15) is 0 Å². The second kappa shape index (κ2) is 181. The summed E-state index contributed by atoms with van der Waals surface area (Å²) < 4.78 is 0. The van der Waals surface area contributed by atoms with E-state index >= 15 is 0 Å². The average molecular weight is 197 g/mol. The molecule has 0 saturated heterocycles. The quantitative estimate of drug-likeness (QED) is 0.304. The van der Waals surface area contributed by atoms with E-state index in [1.165, 1.54) is 0 Å². The molecular formula is H7F6KNNa. The van der Waals surface area contributed by atoms with Gasteiger partial charge in [0, 0.05) is 0 Å². The number of halogens is 6. The van der Waals surface area contributed by atoms with Crippen molar-refractivity contribution < 1.29 is 109 Å². The maximum absolute atomic E-state index is 0. The first-order valence-corrected chi connectivity index (χ1v) is 0. The van der Waals surface area contributed by atoms with Crippen molar-refractivity contribution in [2.45, 2.75) is 0 Å². The Labute approximate surface area is 113 Å². The Morgan fingerprint density at radius 2 is 0.556 bits per heavy atom. The van der Waals surface area contributed by atoms with Crippen LogP contribution >= 0.6 is 0 Å². The Morgan fingerprint density at radius 3 is 0.556 bits per heavy atom. The molecule has 3 N–H and O–H groups in total. The molecule has 0 bridgehead atoms. The van der Waals surface area contributed by atoms with Gasteiger partial charge < -0.3 is 15.6 Å². The van der Waals surface area contributed by atoms with E-state index in [2.05, 4.69) is 0 Å². The summed E-state index contributed by atoms with van der Waals surface area (Å²) in [5.41, 5.74) is 0.